The lowest BCUT2D eigenvalue weighted by molar-refractivity contribution is -0.401. The normalized spacial score (nSPS) is 23.2. The number of fused-ring (bicyclic) bond motifs is 2. The number of carbonyl (C=O) groups excluding carboxylic acids is 2. The molecule has 1 aliphatic carbocycles. The number of nitrogens with zero attached hydrogens (tertiary/aromatic N) is 2. The Hall–Kier alpha value is -3.27. The Labute approximate surface area is 176 Å². The maximum Gasteiger partial charge on any atom is 0.209 e. The fourth-order valence-electron chi connectivity index (χ4n) is 5.14. The number of hydrogen-bond acceptors (Lipinski definition) is 2. The van der Waals surface area contributed by atoms with Crippen molar-refractivity contribution >= 4 is 33.9 Å². The van der Waals surface area contributed by atoms with Crippen LogP contribution in [-0.2, 0) is 22.1 Å². The minimum absolute atomic E-state index is 0.0772. The van der Waals surface area contributed by atoms with Crippen LogP contribution < -0.4 is 0 Å². The Balaban J connectivity index is 1.57. The van der Waals surface area contributed by atoms with Gasteiger partial charge in [0, 0.05) is 41.9 Å². The van der Waals surface area contributed by atoms with Gasteiger partial charge in [0.2, 0.25) is 5.69 Å². The van der Waals surface area contributed by atoms with Gasteiger partial charge in [-0.1, -0.05) is 43.3 Å². The van der Waals surface area contributed by atoms with Crippen LogP contribution in [0.2, 0.25) is 0 Å². The molecular formula is C26H25N2O2+. The molecule has 2 aromatic carbocycles. The molecule has 1 unspecified atom stereocenters. The number of para-hydroxylation sites is 2. The van der Waals surface area contributed by atoms with Crippen LogP contribution in [0.5, 0.6) is 0 Å². The summed E-state index contributed by atoms with van der Waals surface area (Å²) in [6, 6.07) is 16.2. The number of aromatic nitrogens is 1. The molecule has 0 bridgehead atoms. The van der Waals surface area contributed by atoms with Crippen molar-refractivity contribution in [2.24, 2.45) is 7.05 Å². The van der Waals surface area contributed by atoms with E-state index in [0.29, 0.717) is 5.57 Å². The van der Waals surface area contributed by atoms with E-state index < -0.39 is 5.92 Å². The highest BCUT2D eigenvalue weighted by molar-refractivity contribution is 6.43. The number of benzene rings is 2. The maximum absolute atomic E-state index is 13.2. The third-order valence-corrected chi connectivity index (χ3v) is 7.07. The molecule has 0 spiro atoms. The average molecular weight is 397 g/mol. The van der Waals surface area contributed by atoms with Crippen molar-refractivity contribution in [1.29, 1.82) is 0 Å². The summed E-state index contributed by atoms with van der Waals surface area (Å²) < 4.78 is 4.11. The zero-order valence-electron chi connectivity index (χ0n) is 17.8. The standard InChI is InChI=1S/C26H25N2O2/c1-5-26(2)19-11-7-9-13-21(19)28(4)22(26)14-17-24(29)23(25(17)30)18-15-27(3)20-12-8-6-10-16(18)20/h6-15,23H,5H2,1-4H3/q+1. The van der Waals surface area contributed by atoms with Crippen molar-refractivity contribution in [1.82, 2.24) is 4.57 Å². The van der Waals surface area contributed by atoms with Gasteiger partial charge in [-0.3, -0.25) is 9.59 Å². The van der Waals surface area contributed by atoms with Gasteiger partial charge >= 0.3 is 0 Å². The largest absolute Gasteiger partial charge is 0.350 e. The minimum atomic E-state index is -0.690. The van der Waals surface area contributed by atoms with Crippen LogP contribution in [0.1, 0.15) is 37.3 Å². The van der Waals surface area contributed by atoms with Crippen molar-refractivity contribution in [2.45, 2.75) is 31.6 Å². The molecular weight excluding hydrogens is 372 g/mol. The molecule has 4 nitrogen and oxygen atoms in total. The lowest BCUT2D eigenvalue weighted by Crippen LogP contribution is -2.41. The van der Waals surface area contributed by atoms with Crippen molar-refractivity contribution < 1.29 is 14.2 Å². The van der Waals surface area contributed by atoms with E-state index in [1.54, 1.807) is 0 Å². The Morgan fingerprint density at radius 2 is 1.73 bits per heavy atom. The van der Waals surface area contributed by atoms with Gasteiger partial charge in [0.15, 0.2) is 17.3 Å². The minimum Gasteiger partial charge on any atom is -0.350 e. The monoisotopic (exact) mass is 397 g/mol. The molecule has 0 amide bonds. The molecule has 4 heteroatoms. The highest BCUT2D eigenvalue weighted by Gasteiger charge is 2.50. The van der Waals surface area contributed by atoms with Crippen LogP contribution in [-0.4, -0.2) is 33.5 Å². The summed E-state index contributed by atoms with van der Waals surface area (Å²) >= 11 is 0. The van der Waals surface area contributed by atoms with Gasteiger partial charge in [0.05, 0.1) is 11.0 Å². The number of allylic oxidation sites excluding steroid dienone is 2. The molecule has 1 aliphatic heterocycles. The summed E-state index contributed by atoms with van der Waals surface area (Å²) in [6.45, 7) is 4.34. The Morgan fingerprint density at radius 1 is 1.07 bits per heavy atom. The molecule has 0 N–H and O–H groups in total. The fraction of sp³-hybridized carbons (Fsp3) is 0.269. The molecule has 150 valence electrons. The summed E-state index contributed by atoms with van der Waals surface area (Å²) in [4.78, 5) is 26.3. The highest BCUT2D eigenvalue weighted by Crippen LogP contribution is 2.44. The summed E-state index contributed by atoms with van der Waals surface area (Å²) in [5, 5.41) is 0.974. The third-order valence-electron chi connectivity index (χ3n) is 7.07. The van der Waals surface area contributed by atoms with Gasteiger partial charge in [-0.25, -0.2) is 0 Å². The lowest BCUT2D eigenvalue weighted by atomic mass is 9.70. The predicted molar refractivity (Wildman–Crippen MR) is 119 cm³/mol. The Bertz CT molecular complexity index is 1290. The SMILES string of the molecule is CCC1(C)C(C=C2C(=O)C(c3cn(C)c4ccccc34)C2=O)=[N+](C)c2ccccc21. The fourth-order valence-corrected chi connectivity index (χ4v) is 5.14. The molecule has 3 aromatic rings. The van der Waals surface area contributed by atoms with Gasteiger partial charge in [-0.2, -0.15) is 4.58 Å². The smallest absolute Gasteiger partial charge is 0.209 e. The molecule has 1 aromatic heterocycles. The number of carbonyl (C=O) groups is 2. The van der Waals surface area contributed by atoms with Crippen LogP contribution >= 0.6 is 0 Å². The lowest BCUT2D eigenvalue weighted by Gasteiger charge is -2.27. The maximum atomic E-state index is 13.2. The van der Waals surface area contributed by atoms with E-state index in [4.69, 9.17) is 0 Å². The molecule has 2 aliphatic rings. The van der Waals surface area contributed by atoms with Crippen molar-refractivity contribution in [3.63, 3.8) is 0 Å². The summed E-state index contributed by atoms with van der Waals surface area (Å²) in [5.41, 5.74) is 5.34. The quantitative estimate of drug-likeness (QED) is 0.284. The van der Waals surface area contributed by atoms with E-state index in [2.05, 4.69) is 30.6 Å². The highest BCUT2D eigenvalue weighted by atomic mass is 16.2. The number of ketones is 2. The van der Waals surface area contributed by atoms with Gasteiger partial charge in [0.1, 0.15) is 13.0 Å². The first-order chi connectivity index (χ1) is 14.4. The van der Waals surface area contributed by atoms with E-state index in [1.807, 2.05) is 67.3 Å². The average Bonchev–Trinajstić information content (AvgIpc) is 3.20. The van der Waals surface area contributed by atoms with Crippen LogP contribution in [0.15, 0.2) is 66.4 Å². The van der Waals surface area contributed by atoms with E-state index in [9.17, 15) is 9.59 Å². The van der Waals surface area contributed by atoms with E-state index in [0.717, 1.165) is 34.3 Å². The summed E-state index contributed by atoms with van der Waals surface area (Å²) in [6.07, 6.45) is 4.65. The first-order valence-electron chi connectivity index (χ1n) is 10.4. The molecule has 1 atom stereocenters. The molecule has 0 radical (unpaired) electrons. The van der Waals surface area contributed by atoms with Crippen LogP contribution in [0.3, 0.4) is 0 Å². The number of hydrogen-bond donors (Lipinski definition) is 0. The first-order valence-corrected chi connectivity index (χ1v) is 10.4. The second kappa shape index (κ2) is 6.36. The zero-order chi connectivity index (χ0) is 21.2. The molecule has 0 saturated heterocycles. The van der Waals surface area contributed by atoms with E-state index in [-0.39, 0.29) is 17.0 Å². The van der Waals surface area contributed by atoms with Gasteiger partial charge < -0.3 is 4.57 Å². The molecule has 1 saturated carbocycles. The second-order valence-corrected chi connectivity index (χ2v) is 8.58. The number of rotatable bonds is 3. The molecule has 30 heavy (non-hydrogen) atoms. The van der Waals surface area contributed by atoms with Crippen LogP contribution in [0, 0.1) is 0 Å². The number of Topliss-reactive ketones (excluding diaryl/α,β-unsaturated/α-hetero) is 2. The van der Waals surface area contributed by atoms with Crippen LogP contribution in [0.4, 0.5) is 5.69 Å². The summed E-state index contributed by atoms with van der Waals surface area (Å²) in [5.74, 6) is -0.844. The number of aryl methyl sites for hydroxylation is 1. The topological polar surface area (TPSA) is 42.1 Å². The first kappa shape index (κ1) is 18.7. The van der Waals surface area contributed by atoms with Crippen LogP contribution in [0.25, 0.3) is 10.9 Å². The predicted octanol–water partition coefficient (Wildman–Crippen LogP) is 4.44. The zero-order valence-corrected chi connectivity index (χ0v) is 17.8. The third kappa shape index (κ3) is 2.30. The van der Waals surface area contributed by atoms with Gasteiger partial charge in [0.25, 0.3) is 0 Å². The molecule has 2 heterocycles. The molecule has 5 rings (SSSR count). The van der Waals surface area contributed by atoms with E-state index >= 15 is 0 Å². The van der Waals surface area contributed by atoms with Crippen molar-refractivity contribution in [3.05, 3.63) is 77.5 Å². The van der Waals surface area contributed by atoms with Gasteiger partial charge in [-0.15, -0.1) is 0 Å². The van der Waals surface area contributed by atoms with Crippen molar-refractivity contribution in [3.8, 4) is 0 Å². The Kier molecular flexibility index (Phi) is 3.97. The van der Waals surface area contributed by atoms with Crippen molar-refractivity contribution in [2.75, 3.05) is 7.05 Å². The van der Waals surface area contributed by atoms with E-state index in [1.165, 1.54) is 5.56 Å². The van der Waals surface area contributed by atoms with Gasteiger partial charge in [-0.05, 0) is 25.0 Å². The summed E-state index contributed by atoms with van der Waals surface area (Å²) in [7, 11) is 3.96. The Morgan fingerprint density at radius 3 is 2.47 bits per heavy atom. The molecule has 1 fully saturated rings. The second-order valence-electron chi connectivity index (χ2n) is 8.58.